The normalized spacial score (nSPS) is 25.6. The molecule has 19 heteroatoms. The maximum absolute atomic E-state index is 13.5. The van der Waals surface area contributed by atoms with Gasteiger partial charge in [0.15, 0.2) is 18.9 Å². The van der Waals surface area contributed by atoms with E-state index >= 15 is 0 Å². The summed E-state index contributed by atoms with van der Waals surface area (Å²) in [7, 11) is 0. The highest BCUT2D eigenvalue weighted by Crippen LogP contribution is 2.34. The van der Waals surface area contributed by atoms with Gasteiger partial charge in [-0.25, -0.2) is 0 Å². The number of ether oxygens (including phenoxy) is 6. The van der Waals surface area contributed by atoms with Crippen molar-refractivity contribution in [3.8, 4) is 0 Å². The van der Waals surface area contributed by atoms with Crippen molar-refractivity contribution in [3.05, 3.63) is 36.5 Å². The molecule has 12 N–H and O–H groups in total. The van der Waals surface area contributed by atoms with Crippen LogP contribution in [0.4, 0.5) is 0 Å². The highest BCUT2D eigenvalue weighted by molar-refractivity contribution is 5.76. The van der Waals surface area contributed by atoms with Crippen LogP contribution in [0.2, 0.25) is 0 Å². The second-order valence-corrected chi connectivity index (χ2v) is 32.1. The summed E-state index contributed by atoms with van der Waals surface area (Å²) in [5.74, 6) is -0.268. The summed E-state index contributed by atoms with van der Waals surface area (Å²) >= 11 is 0. The van der Waals surface area contributed by atoms with Gasteiger partial charge in [-0.15, -0.1) is 0 Å². The van der Waals surface area contributed by atoms with Crippen LogP contribution >= 0.6 is 0 Å². The molecule has 0 saturated carbocycles. The lowest BCUT2D eigenvalue weighted by Crippen LogP contribution is -2.66. The van der Waals surface area contributed by atoms with Crippen LogP contribution in [-0.2, 0) is 33.2 Å². The minimum Gasteiger partial charge on any atom is -0.394 e. The van der Waals surface area contributed by atoms with Crippen LogP contribution < -0.4 is 5.32 Å². The van der Waals surface area contributed by atoms with Gasteiger partial charge in [0.1, 0.15) is 73.2 Å². The average Bonchev–Trinajstić information content (AvgIpc) is 0.781. The molecule has 19 nitrogen and oxygen atoms in total. The van der Waals surface area contributed by atoms with E-state index in [1.165, 1.54) is 308 Å². The predicted octanol–water partition coefficient (Wildman–Crippen LogP) is 16.6. The van der Waals surface area contributed by atoms with Crippen molar-refractivity contribution in [2.45, 2.75) is 491 Å². The molecule has 0 spiro atoms. The molecular weight excluding hydrogens is 1360 g/mol. The van der Waals surface area contributed by atoms with Gasteiger partial charge in [0, 0.05) is 6.42 Å². The van der Waals surface area contributed by atoms with E-state index in [0.29, 0.717) is 6.42 Å². The van der Waals surface area contributed by atoms with Crippen molar-refractivity contribution < 1.29 is 89.4 Å². The van der Waals surface area contributed by atoms with Crippen LogP contribution in [0.15, 0.2) is 36.5 Å². The molecule has 0 aromatic carbocycles. The lowest BCUT2D eigenvalue weighted by molar-refractivity contribution is -0.379. The molecule has 3 fully saturated rings. The summed E-state index contributed by atoms with van der Waals surface area (Å²) in [6, 6.07) is -0.974. The molecule has 3 saturated heterocycles. The number of unbranched alkanes of at least 4 members (excludes halogenated alkanes) is 53. The van der Waals surface area contributed by atoms with E-state index in [1.54, 1.807) is 6.08 Å². The largest absolute Gasteiger partial charge is 0.394 e. The van der Waals surface area contributed by atoms with E-state index in [0.717, 1.165) is 51.4 Å². The van der Waals surface area contributed by atoms with E-state index in [9.17, 15) is 61.0 Å². The van der Waals surface area contributed by atoms with Crippen molar-refractivity contribution in [3.63, 3.8) is 0 Å². The summed E-state index contributed by atoms with van der Waals surface area (Å²) in [5, 5.41) is 121. The molecule has 3 aliphatic rings. The topological polar surface area (TPSA) is 307 Å². The highest BCUT2D eigenvalue weighted by Gasteiger charge is 2.54. The van der Waals surface area contributed by atoms with Gasteiger partial charge in [-0.05, 0) is 51.4 Å². The van der Waals surface area contributed by atoms with Gasteiger partial charge in [-0.1, -0.05) is 365 Å². The minimum atomic E-state index is -1.98. The number of aliphatic hydroxyl groups excluding tert-OH is 11. The zero-order chi connectivity index (χ0) is 77.4. The molecule has 17 atom stereocenters. The van der Waals surface area contributed by atoms with Crippen molar-refractivity contribution in [2.75, 3.05) is 26.4 Å². The quantitative estimate of drug-likeness (QED) is 0.0199. The first-order valence-corrected chi connectivity index (χ1v) is 44.7. The minimum absolute atomic E-state index is 0.246. The second-order valence-electron chi connectivity index (χ2n) is 32.1. The SMILES string of the molecule is CCCCCCC/C=C\C/C=C\CCCCCCCCCCCCCCCCCCCC(=O)NC(COC1OC(CO)C(OC2OC(CO)C(OC3OC(CO)C(O)C(O)C3O)C(O)C2O)C(O)C1O)C(O)/C=C/CCCCCCCCCCCCCCCCCCCCCCCCCCCCCCCCC. The van der Waals surface area contributed by atoms with Gasteiger partial charge in [-0.3, -0.25) is 4.79 Å². The predicted molar refractivity (Wildman–Crippen MR) is 429 cm³/mol. The number of aliphatic hydroxyl groups is 11. The molecule has 0 bridgehead atoms. The molecule has 3 rings (SSSR count). The Morgan fingerprint density at radius 1 is 0.336 bits per heavy atom. The average molecular weight is 1530 g/mol. The van der Waals surface area contributed by atoms with Gasteiger partial charge >= 0.3 is 0 Å². The van der Waals surface area contributed by atoms with E-state index in [1.807, 2.05) is 6.08 Å². The number of hydrogen-bond donors (Lipinski definition) is 12. The third-order valence-electron chi connectivity index (χ3n) is 22.4. The van der Waals surface area contributed by atoms with Gasteiger partial charge in [0.2, 0.25) is 5.91 Å². The summed E-state index contributed by atoms with van der Waals surface area (Å²) in [5.41, 5.74) is 0. The van der Waals surface area contributed by atoms with Crippen molar-refractivity contribution in [1.82, 2.24) is 5.32 Å². The van der Waals surface area contributed by atoms with Crippen LogP contribution in [0.5, 0.6) is 0 Å². The molecule has 0 aromatic rings. The van der Waals surface area contributed by atoms with Crippen molar-refractivity contribution in [2.24, 2.45) is 0 Å². The van der Waals surface area contributed by atoms with Crippen LogP contribution in [-0.4, -0.2) is 193 Å². The number of rotatable bonds is 73. The van der Waals surface area contributed by atoms with Crippen LogP contribution in [0.25, 0.3) is 0 Å². The molecule has 0 radical (unpaired) electrons. The fourth-order valence-corrected chi connectivity index (χ4v) is 15.3. The Kier molecular flexibility index (Phi) is 63.4. The monoisotopic (exact) mass is 1520 g/mol. The lowest BCUT2D eigenvalue weighted by atomic mass is 9.96. The Balaban J connectivity index is 1.33. The molecule has 630 valence electrons. The Hall–Kier alpha value is -1.99. The van der Waals surface area contributed by atoms with Gasteiger partial charge < -0.3 is 89.9 Å². The maximum Gasteiger partial charge on any atom is 0.220 e. The molecule has 1 amide bonds. The second kappa shape index (κ2) is 68.4. The van der Waals surface area contributed by atoms with Crippen molar-refractivity contribution in [1.29, 1.82) is 0 Å². The molecule has 3 heterocycles. The summed E-state index contributed by atoms with van der Waals surface area (Å²) in [6.07, 6.45) is 60.1. The highest BCUT2D eigenvalue weighted by atomic mass is 16.8. The smallest absolute Gasteiger partial charge is 0.220 e. The molecule has 3 aliphatic heterocycles. The molecule has 0 aliphatic carbocycles. The standard InChI is InChI=1S/C88H165NO18/c1-3-5-7-9-11-13-15-17-19-21-23-25-27-29-31-33-34-35-36-38-39-41-43-45-47-49-51-53-55-57-59-61-63-65-72(93)71(89-76(94)66-64-62-60-58-56-54-52-50-48-46-44-42-40-37-32-30-28-26-24-22-20-18-16-14-12-10-8-6-4-2)70-102-86-82(100)79(97)84(74(68-91)104-86)107-88-83(101)80(98)85(75(69-92)105-88)106-87-81(99)78(96)77(95)73(67-90)103-87/h16,18,22,24,63,65,71-75,77-88,90-93,95-101H,3-15,17,19-21,23,25-62,64,66-70H2,1-2H3,(H,89,94)/b18-16-,24-22-,65-63+. The van der Waals surface area contributed by atoms with E-state index in [4.69, 9.17) is 28.4 Å². The fraction of sp³-hybridized carbons (Fsp3) is 0.920. The van der Waals surface area contributed by atoms with E-state index < -0.39 is 124 Å². The number of carbonyl (C=O) groups excluding carboxylic acids is 1. The first kappa shape index (κ1) is 99.2. The molecule has 17 unspecified atom stereocenters. The zero-order valence-electron chi connectivity index (χ0n) is 67.9. The Labute approximate surface area is 651 Å². The van der Waals surface area contributed by atoms with Gasteiger partial charge in [0.25, 0.3) is 0 Å². The van der Waals surface area contributed by atoms with Crippen LogP contribution in [0, 0.1) is 0 Å². The summed E-state index contributed by atoms with van der Waals surface area (Å²) in [6.45, 7) is 1.79. The third-order valence-corrected chi connectivity index (χ3v) is 22.4. The third kappa shape index (κ3) is 47.5. The lowest BCUT2D eigenvalue weighted by Gasteiger charge is -2.48. The van der Waals surface area contributed by atoms with Crippen LogP contribution in [0.1, 0.15) is 386 Å². The first-order valence-electron chi connectivity index (χ1n) is 44.7. The summed E-state index contributed by atoms with van der Waals surface area (Å²) in [4.78, 5) is 13.5. The van der Waals surface area contributed by atoms with Crippen LogP contribution in [0.3, 0.4) is 0 Å². The number of allylic oxidation sites excluding steroid dienone is 5. The number of amides is 1. The van der Waals surface area contributed by atoms with Gasteiger partial charge in [0.05, 0.1) is 38.6 Å². The van der Waals surface area contributed by atoms with Gasteiger partial charge in [-0.2, -0.15) is 0 Å². The molecule has 0 aromatic heterocycles. The Morgan fingerprint density at radius 2 is 0.617 bits per heavy atom. The number of carbonyl (C=O) groups is 1. The first-order chi connectivity index (χ1) is 52.3. The number of nitrogens with one attached hydrogen (secondary N) is 1. The van der Waals surface area contributed by atoms with Crippen molar-refractivity contribution >= 4 is 5.91 Å². The van der Waals surface area contributed by atoms with E-state index in [2.05, 4.69) is 43.5 Å². The van der Waals surface area contributed by atoms with E-state index in [-0.39, 0.29) is 18.9 Å². The zero-order valence-corrected chi connectivity index (χ0v) is 67.9. The molecular formula is C88H165NO18. The molecule has 107 heavy (non-hydrogen) atoms. The fourth-order valence-electron chi connectivity index (χ4n) is 15.3. The number of hydrogen-bond acceptors (Lipinski definition) is 18. The Bertz CT molecular complexity index is 2070. The Morgan fingerprint density at radius 3 is 0.953 bits per heavy atom. The maximum atomic E-state index is 13.5. The summed E-state index contributed by atoms with van der Waals surface area (Å²) < 4.78 is 34.5.